The third-order valence-electron chi connectivity index (χ3n) is 4.89. The average molecular weight is 450 g/mol. The number of halogens is 1. The molecule has 0 saturated carbocycles. The van der Waals surface area contributed by atoms with Crippen molar-refractivity contribution in [2.75, 3.05) is 24.7 Å². The fourth-order valence-corrected chi connectivity index (χ4v) is 3.57. The highest BCUT2D eigenvalue weighted by Crippen LogP contribution is 2.45. The van der Waals surface area contributed by atoms with E-state index < -0.39 is 17.8 Å². The molecule has 9 heteroatoms. The van der Waals surface area contributed by atoms with Gasteiger partial charge in [-0.1, -0.05) is 37.4 Å². The van der Waals surface area contributed by atoms with E-state index in [1.165, 1.54) is 42.5 Å². The summed E-state index contributed by atoms with van der Waals surface area (Å²) in [7, 11) is 0. The predicted octanol–water partition coefficient (Wildman–Crippen LogP) is 4.84. The molecule has 2 heterocycles. The first-order valence-electron chi connectivity index (χ1n) is 9.76. The van der Waals surface area contributed by atoms with Crippen LogP contribution in [0.1, 0.15) is 20.7 Å². The fraction of sp³-hybridized carbons (Fsp3) is 0.0833. The van der Waals surface area contributed by atoms with Crippen molar-refractivity contribution in [2.45, 2.75) is 0 Å². The normalized spacial score (nSPS) is 10.9. The minimum atomic E-state index is -0.751. The Balaban J connectivity index is 2.09. The molecule has 0 fully saturated rings. The fourth-order valence-electron chi connectivity index (χ4n) is 3.57. The number of anilines is 2. The lowest BCUT2D eigenvalue weighted by atomic mass is 9.95. The van der Waals surface area contributed by atoms with Crippen LogP contribution < -0.4 is 11.5 Å². The zero-order valence-corrected chi connectivity index (χ0v) is 17.4. The van der Waals surface area contributed by atoms with E-state index in [1.807, 2.05) is 0 Å². The molecule has 8 nitrogen and oxygen atoms in total. The first-order chi connectivity index (χ1) is 15.9. The minimum absolute atomic E-state index is 0.0251. The van der Waals surface area contributed by atoms with Crippen LogP contribution in [0.2, 0.25) is 0 Å². The summed E-state index contributed by atoms with van der Waals surface area (Å²) in [6, 6.07) is 6.93. The summed E-state index contributed by atoms with van der Waals surface area (Å²) in [5.74, 6) is -2.34. The van der Waals surface area contributed by atoms with Gasteiger partial charge in [-0.25, -0.2) is 14.0 Å². The molecule has 0 saturated heterocycles. The van der Waals surface area contributed by atoms with Gasteiger partial charge in [0.15, 0.2) is 0 Å². The van der Waals surface area contributed by atoms with Crippen LogP contribution in [0, 0.1) is 5.82 Å². The Morgan fingerprint density at radius 2 is 1.52 bits per heavy atom. The number of hydrogen-bond donors (Lipinski definition) is 2. The van der Waals surface area contributed by atoms with Crippen LogP contribution in [-0.4, -0.2) is 25.2 Å². The maximum absolute atomic E-state index is 13.6. The first kappa shape index (κ1) is 21.7. The zero-order chi connectivity index (χ0) is 23.7. The molecule has 0 spiro atoms. The molecule has 4 N–H and O–H groups in total. The summed E-state index contributed by atoms with van der Waals surface area (Å²) in [4.78, 5) is 25.4. The van der Waals surface area contributed by atoms with E-state index in [0.717, 1.165) is 0 Å². The van der Waals surface area contributed by atoms with E-state index in [4.69, 9.17) is 29.8 Å². The lowest BCUT2D eigenvalue weighted by Crippen LogP contribution is -2.07. The van der Waals surface area contributed by atoms with Gasteiger partial charge in [0.1, 0.15) is 41.3 Å². The SMILES string of the molecule is C=CCOC(=O)c1c(N)oc2c(-c3ccc(F)cc3)c3c(C(=O)OCC=C)c(N)oc3cc12. The van der Waals surface area contributed by atoms with Crippen molar-refractivity contribution in [3.8, 4) is 11.1 Å². The zero-order valence-electron chi connectivity index (χ0n) is 17.4. The van der Waals surface area contributed by atoms with Crippen LogP contribution in [0.5, 0.6) is 0 Å². The van der Waals surface area contributed by atoms with E-state index in [1.54, 1.807) is 0 Å². The Hall–Kier alpha value is -4.53. The van der Waals surface area contributed by atoms with Gasteiger partial charge in [0.05, 0.1) is 0 Å². The van der Waals surface area contributed by atoms with Crippen LogP contribution >= 0.6 is 0 Å². The number of carbonyl (C=O) groups excluding carboxylic acids is 2. The average Bonchev–Trinajstić information content (AvgIpc) is 3.29. The van der Waals surface area contributed by atoms with Crippen LogP contribution in [0.15, 0.2) is 64.5 Å². The van der Waals surface area contributed by atoms with E-state index in [2.05, 4.69) is 13.2 Å². The molecule has 0 radical (unpaired) electrons. The van der Waals surface area contributed by atoms with E-state index in [9.17, 15) is 14.0 Å². The van der Waals surface area contributed by atoms with Crippen molar-refractivity contribution in [2.24, 2.45) is 0 Å². The van der Waals surface area contributed by atoms with Crippen LogP contribution in [0.3, 0.4) is 0 Å². The van der Waals surface area contributed by atoms with Gasteiger partial charge in [-0.05, 0) is 23.8 Å². The Kier molecular flexibility index (Phi) is 5.61. The summed E-state index contributed by atoms with van der Waals surface area (Å²) in [5.41, 5.74) is 13.1. The van der Waals surface area contributed by atoms with Gasteiger partial charge in [-0.3, -0.25) is 0 Å². The second kappa shape index (κ2) is 8.54. The van der Waals surface area contributed by atoms with Crippen molar-refractivity contribution < 1.29 is 32.3 Å². The topological polar surface area (TPSA) is 131 Å². The molecule has 2 aromatic carbocycles. The molecule has 0 atom stereocenters. The molecule has 0 aliphatic carbocycles. The number of nitrogens with two attached hydrogens (primary N) is 2. The quantitative estimate of drug-likeness (QED) is 0.302. The van der Waals surface area contributed by atoms with Gasteiger partial charge in [0.25, 0.3) is 0 Å². The Morgan fingerprint density at radius 1 is 0.939 bits per heavy atom. The largest absolute Gasteiger partial charge is 0.458 e. The molecular weight excluding hydrogens is 431 g/mol. The Labute approximate surface area is 186 Å². The number of benzene rings is 2. The predicted molar refractivity (Wildman–Crippen MR) is 121 cm³/mol. The van der Waals surface area contributed by atoms with Crippen molar-refractivity contribution in [1.29, 1.82) is 0 Å². The van der Waals surface area contributed by atoms with Gasteiger partial charge >= 0.3 is 11.9 Å². The summed E-state index contributed by atoms with van der Waals surface area (Å²) >= 11 is 0. The maximum Gasteiger partial charge on any atom is 0.344 e. The summed E-state index contributed by atoms with van der Waals surface area (Å²) in [6.07, 6.45) is 2.82. The number of carbonyl (C=O) groups is 2. The smallest absolute Gasteiger partial charge is 0.344 e. The van der Waals surface area contributed by atoms with Crippen molar-refractivity contribution in [3.05, 3.63) is 72.6 Å². The molecule has 4 aromatic rings. The molecule has 4 rings (SSSR count). The van der Waals surface area contributed by atoms with Crippen molar-refractivity contribution in [1.82, 2.24) is 0 Å². The van der Waals surface area contributed by atoms with Crippen LogP contribution in [-0.2, 0) is 9.47 Å². The summed E-state index contributed by atoms with van der Waals surface area (Å²) in [5, 5.41) is 0.536. The van der Waals surface area contributed by atoms with E-state index in [0.29, 0.717) is 11.1 Å². The van der Waals surface area contributed by atoms with E-state index >= 15 is 0 Å². The standard InChI is InChI=1S/C24H19FN2O6/c1-3-9-30-23(28)17-14-11-15-18(19(22(27)32-15)24(29)31-10-4-2)16(20(14)33-21(17)26)12-5-7-13(25)8-6-12/h3-8,11H,1-2,9-10,26-27H2. The molecule has 0 aliphatic heterocycles. The Bertz CT molecular complexity index is 1420. The molecule has 33 heavy (non-hydrogen) atoms. The molecule has 0 bridgehead atoms. The molecule has 168 valence electrons. The Morgan fingerprint density at radius 3 is 2.12 bits per heavy atom. The highest BCUT2D eigenvalue weighted by molar-refractivity contribution is 6.22. The van der Waals surface area contributed by atoms with Crippen LogP contribution in [0.25, 0.3) is 33.1 Å². The molecular formula is C24H19FN2O6. The monoisotopic (exact) mass is 450 g/mol. The van der Waals surface area contributed by atoms with E-state index in [-0.39, 0.29) is 58.0 Å². The number of nitrogen functional groups attached to an aromatic ring is 2. The number of rotatable bonds is 7. The number of furan rings is 2. The lowest BCUT2D eigenvalue weighted by molar-refractivity contribution is 0.0543. The highest BCUT2D eigenvalue weighted by Gasteiger charge is 2.30. The molecule has 0 aliphatic rings. The summed E-state index contributed by atoms with van der Waals surface area (Å²) < 4.78 is 35.3. The second-order valence-corrected chi connectivity index (χ2v) is 6.97. The van der Waals surface area contributed by atoms with Crippen molar-refractivity contribution >= 4 is 45.6 Å². The number of hydrogen-bond acceptors (Lipinski definition) is 8. The molecule has 0 unspecified atom stereocenters. The number of fused-ring (bicyclic) bond motifs is 2. The van der Waals surface area contributed by atoms with Crippen LogP contribution in [0.4, 0.5) is 16.2 Å². The first-order valence-corrected chi connectivity index (χ1v) is 9.76. The maximum atomic E-state index is 13.6. The van der Waals surface area contributed by atoms with Crippen molar-refractivity contribution in [3.63, 3.8) is 0 Å². The lowest BCUT2D eigenvalue weighted by Gasteiger charge is -2.08. The van der Waals surface area contributed by atoms with Gasteiger partial charge in [-0.15, -0.1) is 0 Å². The molecule has 0 amide bonds. The molecule has 2 aromatic heterocycles. The minimum Gasteiger partial charge on any atom is -0.458 e. The second-order valence-electron chi connectivity index (χ2n) is 6.97. The number of ether oxygens (including phenoxy) is 2. The van der Waals surface area contributed by atoms with Gasteiger partial charge in [-0.2, -0.15) is 0 Å². The van der Waals surface area contributed by atoms with Gasteiger partial charge in [0, 0.05) is 16.3 Å². The third-order valence-corrected chi connectivity index (χ3v) is 4.89. The number of esters is 2. The van der Waals surface area contributed by atoms with Gasteiger partial charge in [0.2, 0.25) is 11.8 Å². The highest BCUT2D eigenvalue weighted by atomic mass is 19.1. The van der Waals surface area contributed by atoms with Gasteiger partial charge < -0.3 is 29.8 Å². The third kappa shape index (κ3) is 3.69. The summed E-state index contributed by atoms with van der Waals surface area (Å²) in [6.45, 7) is 6.94.